The molecule has 0 aromatic heterocycles. The SMILES string of the molecule is Cc1ccc(S(=O)(=O)c2cc(NC(=O)OCCO)ccc2N)cc1S(=O)(=O)O. The smallest absolute Gasteiger partial charge is 0.411 e. The van der Waals surface area contributed by atoms with Crippen molar-refractivity contribution < 1.29 is 36.0 Å². The number of ether oxygens (including phenoxy) is 1. The van der Waals surface area contributed by atoms with Crippen LogP contribution in [-0.4, -0.2) is 45.8 Å². The Morgan fingerprint density at radius 1 is 1.11 bits per heavy atom. The summed E-state index contributed by atoms with van der Waals surface area (Å²) in [5.74, 6) is 0. The number of rotatable bonds is 6. The Labute approximate surface area is 161 Å². The zero-order valence-electron chi connectivity index (χ0n) is 14.6. The summed E-state index contributed by atoms with van der Waals surface area (Å²) in [5.41, 5.74) is 5.83. The Hall–Kier alpha value is -2.67. The number of hydrogen-bond acceptors (Lipinski definition) is 8. The Balaban J connectivity index is 2.49. The molecule has 0 spiro atoms. The number of nitrogen functional groups attached to an aromatic ring is 1. The maximum Gasteiger partial charge on any atom is 0.411 e. The van der Waals surface area contributed by atoms with E-state index in [-0.39, 0.29) is 35.0 Å². The van der Waals surface area contributed by atoms with Crippen LogP contribution in [0.4, 0.5) is 16.2 Å². The number of aryl methyl sites for hydroxylation is 1. The summed E-state index contributed by atoms with van der Waals surface area (Å²) in [7, 11) is -8.91. The normalized spacial score (nSPS) is 11.8. The molecule has 0 atom stereocenters. The summed E-state index contributed by atoms with van der Waals surface area (Å²) < 4.78 is 62.7. The fraction of sp³-hybridized carbons (Fsp3) is 0.188. The zero-order valence-corrected chi connectivity index (χ0v) is 16.2. The van der Waals surface area contributed by atoms with Crippen molar-refractivity contribution in [1.82, 2.24) is 0 Å². The molecule has 2 aromatic rings. The highest BCUT2D eigenvalue weighted by atomic mass is 32.2. The number of sulfone groups is 1. The van der Waals surface area contributed by atoms with Gasteiger partial charge in [-0.25, -0.2) is 13.2 Å². The fourth-order valence-corrected chi connectivity index (χ4v) is 4.55. The fourth-order valence-electron chi connectivity index (χ4n) is 2.29. The topological polar surface area (TPSA) is 173 Å². The molecule has 2 aromatic carbocycles. The third-order valence-electron chi connectivity index (χ3n) is 3.62. The van der Waals surface area contributed by atoms with Crippen molar-refractivity contribution in [2.45, 2.75) is 21.6 Å². The van der Waals surface area contributed by atoms with Crippen molar-refractivity contribution >= 4 is 37.4 Å². The summed E-state index contributed by atoms with van der Waals surface area (Å²) >= 11 is 0. The number of benzene rings is 2. The molecule has 1 amide bonds. The van der Waals surface area contributed by atoms with Gasteiger partial charge in [-0.3, -0.25) is 9.87 Å². The van der Waals surface area contributed by atoms with Crippen LogP contribution < -0.4 is 11.1 Å². The number of amides is 1. The molecule has 12 heteroatoms. The van der Waals surface area contributed by atoms with Gasteiger partial charge in [0.25, 0.3) is 10.1 Å². The summed E-state index contributed by atoms with van der Waals surface area (Å²) in [6.45, 7) is 0.780. The molecule has 0 radical (unpaired) electrons. The highest BCUT2D eigenvalue weighted by Gasteiger charge is 2.24. The van der Waals surface area contributed by atoms with E-state index in [1.54, 1.807) is 0 Å². The third-order valence-corrected chi connectivity index (χ3v) is 6.42. The summed E-state index contributed by atoms with van der Waals surface area (Å²) in [4.78, 5) is 10.2. The maximum absolute atomic E-state index is 12.9. The van der Waals surface area contributed by atoms with Gasteiger partial charge in [-0.1, -0.05) is 6.07 Å². The minimum atomic E-state index is -4.63. The molecule has 152 valence electrons. The first kappa shape index (κ1) is 21.6. The van der Waals surface area contributed by atoms with Gasteiger partial charge in [0.05, 0.1) is 27.0 Å². The minimum Gasteiger partial charge on any atom is -0.447 e. The van der Waals surface area contributed by atoms with Crippen molar-refractivity contribution in [2.24, 2.45) is 0 Å². The van der Waals surface area contributed by atoms with Gasteiger partial charge in [0.15, 0.2) is 0 Å². The lowest BCUT2D eigenvalue weighted by Gasteiger charge is -2.12. The van der Waals surface area contributed by atoms with Crippen LogP contribution in [0.2, 0.25) is 0 Å². The number of anilines is 2. The summed E-state index contributed by atoms with van der Waals surface area (Å²) in [6.07, 6.45) is -0.911. The average Bonchev–Trinajstić information content (AvgIpc) is 2.60. The van der Waals surface area contributed by atoms with Gasteiger partial charge in [-0.2, -0.15) is 8.42 Å². The Morgan fingerprint density at radius 2 is 1.79 bits per heavy atom. The van der Waals surface area contributed by atoms with E-state index in [4.69, 9.17) is 10.8 Å². The number of carbonyl (C=O) groups excluding carboxylic acids is 1. The van der Waals surface area contributed by atoms with Crippen LogP contribution in [0.1, 0.15) is 5.56 Å². The lowest BCUT2D eigenvalue weighted by atomic mass is 10.2. The van der Waals surface area contributed by atoms with Gasteiger partial charge < -0.3 is 15.6 Å². The highest BCUT2D eigenvalue weighted by molar-refractivity contribution is 7.91. The van der Waals surface area contributed by atoms with Gasteiger partial charge in [-0.05, 0) is 42.8 Å². The van der Waals surface area contributed by atoms with Crippen molar-refractivity contribution in [3.8, 4) is 0 Å². The summed E-state index contributed by atoms with van der Waals surface area (Å²) in [6, 6.07) is 6.90. The van der Waals surface area contributed by atoms with Crippen molar-refractivity contribution in [3.05, 3.63) is 42.0 Å². The number of aliphatic hydroxyl groups excluding tert-OH is 1. The van der Waals surface area contributed by atoms with E-state index in [1.165, 1.54) is 31.2 Å². The van der Waals surface area contributed by atoms with Gasteiger partial charge in [0, 0.05) is 5.69 Å². The molecule has 0 fully saturated rings. The lowest BCUT2D eigenvalue weighted by Crippen LogP contribution is -2.16. The second-order valence-corrected chi connectivity index (χ2v) is 8.95. The zero-order chi connectivity index (χ0) is 21.1. The van der Waals surface area contributed by atoms with Gasteiger partial charge in [0.2, 0.25) is 9.84 Å². The van der Waals surface area contributed by atoms with E-state index in [0.717, 1.165) is 12.1 Å². The first-order chi connectivity index (χ1) is 13.0. The Morgan fingerprint density at radius 3 is 2.39 bits per heavy atom. The summed E-state index contributed by atoms with van der Waals surface area (Å²) in [5, 5.41) is 10.9. The molecule has 2 rings (SSSR count). The molecule has 0 saturated heterocycles. The molecular weight excluding hydrogens is 412 g/mol. The molecule has 0 aliphatic carbocycles. The highest BCUT2D eigenvalue weighted by Crippen LogP contribution is 2.30. The van der Waals surface area contributed by atoms with E-state index in [1.807, 2.05) is 0 Å². The first-order valence-corrected chi connectivity index (χ1v) is 10.7. The monoisotopic (exact) mass is 430 g/mol. The first-order valence-electron chi connectivity index (χ1n) is 7.74. The maximum atomic E-state index is 12.9. The number of hydrogen-bond donors (Lipinski definition) is 4. The largest absolute Gasteiger partial charge is 0.447 e. The third kappa shape index (κ3) is 4.78. The number of nitrogens with two attached hydrogens (primary N) is 1. The van der Waals surface area contributed by atoms with E-state index in [9.17, 15) is 26.2 Å². The molecule has 0 unspecified atom stereocenters. The predicted molar refractivity (Wildman–Crippen MR) is 99.4 cm³/mol. The molecule has 28 heavy (non-hydrogen) atoms. The van der Waals surface area contributed by atoms with E-state index in [2.05, 4.69) is 10.1 Å². The predicted octanol–water partition coefficient (Wildman–Crippen LogP) is 1.20. The standard InChI is InChI=1S/C16H18N2O8S2/c1-10-2-4-12(9-14(10)28(23,24)25)27(21,22)15-8-11(3-5-13(15)17)18-16(20)26-7-6-19/h2-5,8-9,19H,6-7,17H2,1H3,(H,18,20)(H,23,24,25). The van der Waals surface area contributed by atoms with Crippen molar-refractivity contribution in [2.75, 3.05) is 24.3 Å². The van der Waals surface area contributed by atoms with Crippen LogP contribution in [0.15, 0.2) is 51.1 Å². The van der Waals surface area contributed by atoms with Crippen LogP contribution >= 0.6 is 0 Å². The van der Waals surface area contributed by atoms with Crippen LogP contribution in [0.25, 0.3) is 0 Å². The van der Waals surface area contributed by atoms with Crippen LogP contribution in [0.5, 0.6) is 0 Å². The molecule has 5 N–H and O–H groups in total. The van der Waals surface area contributed by atoms with Crippen LogP contribution in [0, 0.1) is 6.92 Å². The number of carbonyl (C=O) groups is 1. The van der Waals surface area contributed by atoms with Crippen molar-refractivity contribution in [1.29, 1.82) is 0 Å². The van der Waals surface area contributed by atoms with Crippen LogP contribution in [-0.2, 0) is 24.7 Å². The molecule has 0 aliphatic rings. The van der Waals surface area contributed by atoms with E-state index < -0.39 is 35.8 Å². The average molecular weight is 430 g/mol. The Bertz CT molecular complexity index is 1110. The van der Waals surface area contributed by atoms with E-state index >= 15 is 0 Å². The Kier molecular flexibility index (Phi) is 6.29. The number of nitrogens with one attached hydrogen (secondary N) is 1. The van der Waals surface area contributed by atoms with E-state index in [0.29, 0.717) is 0 Å². The second kappa shape index (κ2) is 8.14. The lowest BCUT2D eigenvalue weighted by molar-refractivity contribution is 0.131. The molecule has 0 heterocycles. The minimum absolute atomic E-state index is 0.0535. The molecule has 0 saturated carbocycles. The van der Waals surface area contributed by atoms with Crippen molar-refractivity contribution in [3.63, 3.8) is 0 Å². The second-order valence-electron chi connectivity index (χ2n) is 5.64. The molecular formula is C16H18N2O8S2. The number of aliphatic hydroxyl groups is 1. The molecule has 0 aliphatic heterocycles. The van der Waals surface area contributed by atoms with Gasteiger partial charge >= 0.3 is 6.09 Å². The molecule has 0 bridgehead atoms. The quantitative estimate of drug-likeness (QED) is 0.388. The van der Waals surface area contributed by atoms with Crippen LogP contribution in [0.3, 0.4) is 0 Å². The van der Waals surface area contributed by atoms with Gasteiger partial charge in [0.1, 0.15) is 6.61 Å². The van der Waals surface area contributed by atoms with Gasteiger partial charge in [-0.15, -0.1) is 0 Å². The molecule has 10 nitrogen and oxygen atoms in total.